The van der Waals surface area contributed by atoms with Gasteiger partial charge in [-0.05, 0) is 44.6 Å². The van der Waals surface area contributed by atoms with Gasteiger partial charge in [-0.2, -0.15) is 0 Å². The Hall–Kier alpha value is -1.45. The summed E-state index contributed by atoms with van der Waals surface area (Å²) in [4.78, 5) is 26.2. The third-order valence-corrected chi connectivity index (χ3v) is 7.65. The third-order valence-electron chi connectivity index (χ3n) is 4.51. The number of aryl methyl sites for hydroxylation is 1. The predicted molar refractivity (Wildman–Crippen MR) is 110 cm³/mol. The number of aromatic nitrogens is 2. The molecule has 27 heavy (non-hydrogen) atoms. The zero-order valence-electron chi connectivity index (χ0n) is 15.7. The molecule has 0 bridgehead atoms. The van der Waals surface area contributed by atoms with E-state index in [2.05, 4.69) is 22.4 Å². The summed E-state index contributed by atoms with van der Waals surface area (Å²) in [6.07, 6.45) is 4.04. The smallest absolute Gasteiger partial charge is 0.341 e. The van der Waals surface area contributed by atoms with Crippen LogP contribution in [0.15, 0.2) is 4.34 Å². The maximum atomic E-state index is 12.5. The van der Waals surface area contributed by atoms with Crippen LogP contribution in [0.2, 0.25) is 0 Å². The van der Waals surface area contributed by atoms with Gasteiger partial charge >= 0.3 is 5.97 Å². The van der Waals surface area contributed by atoms with E-state index >= 15 is 0 Å². The number of esters is 1. The molecule has 6 nitrogen and oxygen atoms in total. The van der Waals surface area contributed by atoms with Gasteiger partial charge in [0.2, 0.25) is 5.91 Å². The summed E-state index contributed by atoms with van der Waals surface area (Å²) in [6.45, 7) is 6.20. The Bertz CT molecular complexity index is 831. The van der Waals surface area contributed by atoms with Crippen molar-refractivity contribution in [1.82, 2.24) is 10.2 Å². The van der Waals surface area contributed by atoms with Crippen molar-refractivity contribution in [2.45, 2.75) is 50.8 Å². The number of thioether (sulfide) groups is 1. The molecule has 146 valence electrons. The number of hydrogen-bond donors (Lipinski definition) is 1. The van der Waals surface area contributed by atoms with Crippen LogP contribution >= 0.6 is 34.4 Å². The van der Waals surface area contributed by atoms with Crippen molar-refractivity contribution in [3.63, 3.8) is 0 Å². The van der Waals surface area contributed by atoms with Crippen molar-refractivity contribution in [3.8, 4) is 0 Å². The Labute approximate surface area is 171 Å². The summed E-state index contributed by atoms with van der Waals surface area (Å²) in [5.41, 5.74) is 1.61. The number of carbonyl (C=O) groups is 2. The number of thiophene rings is 1. The number of nitrogens with zero attached hydrogens (tertiary/aromatic N) is 2. The molecule has 0 fully saturated rings. The van der Waals surface area contributed by atoms with Crippen LogP contribution in [-0.2, 0) is 22.4 Å². The van der Waals surface area contributed by atoms with Crippen LogP contribution in [0.4, 0.5) is 5.00 Å². The van der Waals surface area contributed by atoms with Crippen molar-refractivity contribution in [1.29, 1.82) is 0 Å². The van der Waals surface area contributed by atoms with Crippen LogP contribution in [0.5, 0.6) is 0 Å². The van der Waals surface area contributed by atoms with E-state index in [4.69, 9.17) is 4.74 Å². The Morgan fingerprint density at radius 2 is 2.11 bits per heavy atom. The standard InChI is InChI=1S/C18H23N3O3S3/c1-4-11-6-7-12-13(8-11)27-16(15(12)17(23)24-5-2)19-14(22)9-25-18-21-20-10(3)26-18/h11H,4-9H2,1-3H3,(H,19,22)/t11-/m1/s1. The first-order valence-corrected chi connectivity index (χ1v) is 11.7. The number of amides is 1. The van der Waals surface area contributed by atoms with Crippen LogP contribution < -0.4 is 5.32 Å². The molecule has 1 aliphatic carbocycles. The molecular formula is C18H23N3O3S3. The molecule has 9 heteroatoms. The molecule has 2 heterocycles. The lowest BCUT2D eigenvalue weighted by Gasteiger charge is -2.20. The summed E-state index contributed by atoms with van der Waals surface area (Å²) in [5.74, 6) is 0.388. The van der Waals surface area contributed by atoms with E-state index in [-0.39, 0.29) is 17.6 Å². The van der Waals surface area contributed by atoms with E-state index in [0.717, 1.165) is 40.6 Å². The monoisotopic (exact) mass is 425 g/mol. The van der Waals surface area contributed by atoms with Crippen molar-refractivity contribution in [2.24, 2.45) is 5.92 Å². The zero-order valence-corrected chi connectivity index (χ0v) is 18.1. The maximum absolute atomic E-state index is 12.5. The van der Waals surface area contributed by atoms with E-state index in [1.165, 1.54) is 39.3 Å². The van der Waals surface area contributed by atoms with Crippen molar-refractivity contribution >= 4 is 51.3 Å². The van der Waals surface area contributed by atoms with E-state index in [1.807, 2.05) is 6.92 Å². The Balaban J connectivity index is 1.75. The molecule has 1 aliphatic rings. The molecule has 0 aliphatic heterocycles. The second-order valence-electron chi connectivity index (χ2n) is 6.37. The fraction of sp³-hybridized carbons (Fsp3) is 0.556. The van der Waals surface area contributed by atoms with E-state index in [0.29, 0.717) is 23.1 Å². The number of carbonyl (C=O) groups excluding carboxylic acids is 2. The lowest BCUT2D eigenvalue weighted by atomic mass is 9.85. The normalized spacial score (nSPS) is 16.0. The molecule has 0 saturated carbocycles. The minimum atomic E-state index is -0.340. The predicted octanol–water partition coefficient (Wildman–Crippen LogP) is 4.33. The Morgan fingerprint density at radius 3 is 2.78 bits per heavy atom. The Kier molecular flexibility index (Phi) is 6.88. The highest BCUT2D eigenvalue weighted by atomic mass is 32.2. The van der Waals surface area contributed by atoms with Crippen LogP contribution in [0.25, 0.3) is 0 Å². The van der Waals surface area contributed by atoms with Crippen LogP contribution in [0, 0.1) is 12.8 Å². The van der Waals surface area contributed by atoms with Gasteiger partial charge in [0.15, 0.2) is 4.34 Å². The molecule has 1 amide bonds. The molecular weight excluding hydrogens is 402 g/mol. The fourth-order valence-corrected chi connectivity index (χ4v) is 6.12. The number of rotatable bonds is 7. The van der Waals surface area contributed by atoms with Gasteiger partial charge in [-0.3, -0.25) is 4.79 Å². The fourth-order valence-electron chi connectivity index (χ4n) is 3.14. The molecule has 3 rings (SSSR count). The third kappa shape index (κ3) is 4.89. The number of anilines is 1. The minimum absolute atomic E-state index is 0.149. The van der Waals surface area contributed by atoms with Gasteiger partial charge in [0.05, 0.1) is 17.9 Å². The van der Waals surface area contributed by atoms with Gasteiger partial charge in [0, 0.05) is 4.88 Å². The molecule has 1 atom stereocenters. The number of ether oxygens (including phenoxy) is 1. The molecule has 0 saturated heterocycles. The average Bonchev–Trinajstić information content (AvgIpc) is 3.22. The second kappa shape index (κ2) is 9.16. The SMILES string of the molecule is CCOC(=O)c1c(NC(=O)CSc2nnc(C)s2)sc2c1CC[C@@H](CC)C2. The second-order valence-corrected chi connectivity index (χ2v) is 9.88. The van der Waals surface area contributed by atoms with E-state index in [9.17, 15) is 9.59 Å². The highest BCUT2D eigenvalue weighted by Gasteiger charge is 2.29. The first-order valence-electron chi connectivity index (χ1n) is 9.06. The maximum Gasteiger partial charge on any atom is 0.341 e. The van der Waals surface area contributed by atoms with Gasteiger partial charge in [-0.1, -0.05) is 36.4 Å². The lowest BCUT2D eigenvalue weighted by molar-refractivity contribution is -0.113. The largest absolute Gasteiger partial charge is 0.462 e. The van der Waals surface area contributed by atoms with Gasteiger partial charge in [-0.15, -0.1) is 21.5 Å². The number of hydrogen-bond acceptors (Lipinski definition) is 8. The highest BCUT2D eigenvalue weighted by Crippen LogP contribution is 2.41. The summed E-state index contributed by atoms with van der Waals surface area (Å²) in [5, 5.41) is 12.4. The van der Waals surface area contributed by atoms with Crippen LogP contribution in [-0.4, -0.2) is 34.4 Å². The summed E-state index contributed by atoms with van der Waals surface area (Å²) < 4.78 is 6.02. The topological polar surface area (TPSA) is 81.2 Å². The summed E-state index contributed by atoms with van der Waals surface area (Å²) in [6, 6.07) is 0. The molecule has 0 spiro atoms. The molecule has 2 aromatic rings. The average molecular weight is 426 g/mol. The number of fused-ring (bicyclic) bond motifs is 1. The van der Waals surface area contributed by atoms with Gasteiger partial charge in [0.1, 0.15) is 10.0 Å². The zero-order chi connectivity index (χ0) is 19.4. The molecule has 1 N–H and O–H groups in total. The molecule has 0 unspecified atom stereocenters. The van der Waals surface area contributed by atoms with E-state index in [1.54, 1.807) is 6.92 Å². The Morgan fingerprint density at radius 1 is 1.30 bits per heavy atom. The van der Waals surface area contributed by atoms with Gasteiger partial charge < -0.3 is 10.1 Å². The lowest BCUT2D eigenvalue weighted by Crippen LogP contribution is -2.18. The van der Waals surface area contributed by atoms with Crippen LogP contribution in [0.1, 0.15) is 52.5 Å². The van der Waals surface area contributed by atoms with Crippen molar-refractivity contribution in [3.05, 3.63) is 21.0 Å². The molecule has 0 radical (unpaired) electrons. The quantitative estimate of drug-likeness (QED) is 0.525. The van der Waals surface area contributed by atoms with Gasteiger partial charge in [-0.25, -0.2) is 4.79 Å². The summed E-state index contributed by atoms with van der Waals surface area (Å²) >= 11 is 4.34. The van der Waals surface area contributed by atoms with Crippen molar-refractivity contribution in [2.75, 3.05) is 17.7 Å². The van der Waals surface area contributed by atoms with Crippen LogP contribution in [0.3, 0.4) is 0 Å². The molecule has 0 aromatic carbocycles. The first kappa shape index (κ1) is 20.3. The first-order chi connectivity index (χ1) is 13.0. The highest BCUT2D eigenvalue weighted by molar-refractivity contribution is 8.01. The number of nitrogens with one attached hydrogen (secondary N) is 1. The molecule has 2 aromatic heterocycles. The van der Waals surface area contributed by atoms with Gasteiger partial charge in [0.25, 0.3) is 0 Å². The minimum Gasteiger partial charge on any atom is -0.462 e. The van der Waals surface area contributed by atoms with Crippen molar-refractivity contribution < 1.29 is 14.3 Å². The summed E-state index contributed by atoms with van der Waals surface area (Å²) in [7, 11) is 0. The van der Waals surface area contributed by atoms with E-state index < -0.39 is 0 Å².